The number of sulfone groups is 1. The number of carbonyl (C=O) groups excluding carboxylic acids is 1. The first-order chi connectivity index (χ1) is 10.4. The summed E-state index contributed by atoms with van der Waals surface area (Å²) in [5.74, 6) is 2.49. The molecule has 22 heavy (non-hydrogen) atoms. The van der Waals surface area contributed by atoms with Crippen molar-refractivity contribution < 1.29 is 13.2 Å². The Hall–Kier alpha value is -1.36. The van der Waals surface area contributed by atoms with Crippen molar-refractivity contribution in [1.82, 2.24) is 5.32 Å². The number of hydrogen-bond donors (Lipinski definition) is 1. The standard InChI is InChI=1S/C17H23NO3S/c1-22(20,21)16-6-4-13(5-7-16)17(19)18-9-8-15-11-12-2-3-14(15)10-12/h4-7,12,14-15H,2-3,8-11H2,1H3,(H,18,19). The van der Waals surface area contributed by atoms with Crippen LogP contribution in [0.4, 0.5) is 0 Å². The highest BCUT2D eigenvalue weighted by Crippen LogP contribution is 2.49. The van der Waals surface area contributed by atoms with Gasteiger partial charge in [0.05, 0.1) is 4.90 Å². The number of hydrogen-bond acceptors (Lipinski definition) is 3. The van der Waals surface area contributed by atoms with Gasteiger partial charge in [-0.05, 0) is 67.7 Å². The minimum Gasteiger partial charge on any atom is -0.352 e. The highest BCUT2D eigenvalue weighted by atomic mass is 32.2. The second kappa shape index (κ2) is 6.03. The van der Waals surface area contributed by atoms with Crippen LogP contribution in [0.15, 0.2) is 29.2 Å². The lowest BCUT2D eigenvalue weighted by atomic mass is 9.86. The molecule has 120 valence electrons. The first kappa shape index (κ1) is 15.5. The fourth-order valence-electron chi connectivity index (χ4n) is 4.06. The van der Waals surface area contributed by atoms with E-state index in [1.54, 1.807) is 12.1 Å². The summed E-state index contributed by atoms with van der Waals surface area (Å²) in [7, 11) is -3.21. The maximum atomic E-state index is 12.1. The van der Waals surface area contributed by atoms with Crippen LogP contribution < -0.4 is 5.32 Å². The predicted octanol–water partition coefficient (Wildman–Crippen LogP) is 2.65. The molecule has 3 unspecified atom stereocenters. The lowest BCUT2D eigenvalue weighted by Gasteiger charge is -2.21. The molecule has 2 aliphatic rings. The summed E-state index contributed by atoms with van der Waals surface area (Å²) in [6.07, 6.45) is 7.73. The van der Waals surface area contributed by atoms with E-state index in [4.69, 9.17) is 0 Å². The van der Waals surface area contributed by atoms with E-state index >= 15 is 0 Å². The van der Waals surface area contributed by atoms with Gasteiger partial charge in [-0.25, -0.2) is 8.42 Å². The zero-order valence-corrected chi connectivity index (χ0v) is 13.7. The number of nitrogens with one attached hydrogen (secondary N) is 1. The van der Waals surface area contributed by atoms with Gasteiger partial charge < -0.3 is 5.32 Å². The molecule has 1 aromatic carbocycles. The third-order valence-corrected chi connectivity index (χ3v) is 6.36. The summed E-state index contributed by atoms with van der Waals surface area (Å²) in [5.41, 5.74) is 0.514. The summed E-state index contributed by atoms with van der Waals surface area (Å²) >= 11 is 0. The molecule has 1 aromatic rings. The first-order valence-corrected chi connectivity index (χ1v) is 9.91. The number of rotatable bonds is 5. The maximum Gasteiger partial charge on any atom is 0.251 e. The van der Waals surface area contributed by atoms with Gasteiger partial charge in [-0.2, -0.15) is 0 Å². The van der Waals surface area contributed by atoms with Crippen LogP contribution >= 0.6 is 0 Å². The van der Waals surface area contributed by atoms with E-state index in [-0.39, 0.29) is 10.8 Å². The Labute approximate surface area is 132 Å². The van der Waals surface area contributed by atoms with Gasteiger partial charge in [0.1, 0.15) is 0 Å². The van der Waals surface area contributed by atoms with E-state index in [9.17, 15) is 13.2 Å². The lowest BCUT2D eigenvalue weighted by Crippen LogP contribution is -2.27. The van der Waals surface area contributed by atoms with Crippen LogP contribution in [0, 0.1) is 17.8 Å². The van der Waals surface area contributed by atoms with Gasteiger partial charge in [0.15, 0.2) is 9.84 Å². The largest absolute Gasteiger partial charge is 0.352 e. The van der Waals surface area contributed by atoms with Gasteiger partial charge in [0, 0.05) is 18.4 Å². The van der Waals surface area contributed by atoms with Crippen LogP contribution in [-0.2, 0) is 9.84 Å². The Morgan fingerprint density at radius 3 is 2.45 bits per heavy atom. The highest BCUT2D eigenvalue weighted by molar-refractivity contribution is 7.90. The number of carbonyl (C=O) groups is 1. The maximum absolute atomic E-state index is 12.1. The number of fused-ring (bicyclic) bond motifs is 2. The average Bonchev–Trinajstić information content (AvgIpc) is 3.09. The van der Waals surface area contributed by atoms with E-state index in [1.807, 2.05) is 0 Å². The Morgan fingerprint density at radius 2 is 1.91 bits per heavy atom. The van der Waals surface area contributed by atoms with Crippen LogP contribution in [0.5, 0.6) is 0 Å². The Morgan fingerprint density at radius 1 is 1.18 bits per heavy atom. The zero-order valence-electron chi connectivity index (χ0n) is 12.9. The lowest BCUT2D eigenvalue weighted by molar-refractivity contribution is 0.0949. The fraction of sp³-hybridized carbons (Fsp3) is 0.588. The topological polar surface area (TPSA) is 63.2 Å². The molecular weight excluding hydrogens is 298 g/mol. The van der Waals surface area contributed by atoms with Crippen molar-refractivity contribution in [3.8, 4) is 0 Å². The first-order valence-electron chi connectivity index (χ1n) is 8.02. The zero-order chi connectivity index (χ0) is 15.7. The van der Waals surface area contributed by atoms with Gasteiger partial charge in [0.2, 0.25) is 0 Å². The molecule has 0 aliphatic heterocycles. The summed E-state index contributed by atoms with van der Waals surface area (Å²) in [6, 6.07) is 6.12. The molecule has 1 amide bonds. The van der Waals surface area contributed by atoms with Gasteiger partial charge in [0.25, 0.3) is 5.91 Å². The third-order valence-electron chi connectivity index (χ3n) is 5.23. The monoisotopic (exact) mass is 321 g/mol. The average molecular weight is 321 g/mol. The fourth-order valence-corrected chi connectivity index (χ4v) is 4.69. The molecule has 5 heteroatoms. The molecule has 4 nitrogen and oxygen atoms in total. The smallest absolute Gasteiger partial charge is 0.251 e. The van der Waals surface area contributed by atoms with Gasteiger partial charge in [-0.1, -0.05) is 6.42 Å². The SMILES string of the molecule is CS(=O)(=O)c1ccc(C(=O)NCCC2CC3CCC2C3)cc1. The van der Waals surface area contributed by atoms with Gasteiger partial charge in [-0.3, -0.25) is 4.79 Å². The van der Waals surface area contributed by atoms with Crippen LogP contribution in [-0.4, -0.2) is 27.1 Å². The molecule has 2 aliphatic carbocycles. The van der Waals surface area contributed by atoms with Crippen LogP contribution in [0.3, 0.4) is 0 Å². The van der Waals surface area contributed by atoms with Gasteiger partial charge in [-0.15, -0.1) is 0 Å². The minimum atomic E-state index is -3.21. The normalized spacial score (nSPS) is 27.0. The molecule has 3 rings (SSSR count). The van der Waals surface area contributed by atoms with E-state index in [0.717, 1.165) is 30.4 Å². The van der Waals surface area contributed by atoms with E-state index < -0.39 is 9.84 Å². The molecule has 0 heterocycles. The van der Waals surface area contributed by atoms with Crippen molar-refractivity contribution >= 4 is 15.7 Å². The van der Waals surface area contributed by atoms with Crippen LogP contribution in [0.25, 0.3) is 0 Å². The summed E-state index contributed by atoms with van der Waals surface area (Å²) in [5, 5.41) is 2.96. The van der Waals surface area contributed by atoms with Crippen molar-refractivity contribution in [2.45, 2.75) is 37.0 Å². The van der Waals surface area contributed by atoms with E-state index in [2.05, 4.69) is 5.32 Å². The summed E-state index contributed by atoms with van der Waals surface area (Å²) < 4.78 is 22.8. The Kier molecular flexibility index (Phi) is 4.26. The molecule has 0 radical (unpaired) electrons. The summed E-state index contributed by atoms with van der Waals surface area (Å²) in [6.45, 7) is 0.709. The van der Waals surface area contributed by atoms with E-state index in [0.29, 0.717) is 12.1 Å². The predicted molar refractivity (Wildman–Crippen MR) is 85.4 cm³/mol. The quantitative estimate of drug-likeness (QED) is 0.907. The van der Waals surface area contributed by atoms with Crippen molar-refractivity contribution in [1.29, 1.82) is 0 Å². The molecule has 3 atom stereocenters. The van der Waals surface area contributed by atoms with Crippen molar-refractivity contribution in [3.05, 3.63) is 29.8 Å². The van der Waals surface area contributed by atoms with E-state index in [1.165, 1.54) is 37.8 Å². The second-order valence-corrected chi connectivity index (χ2v) is 8.79. The molecule has 2 bridgehead atoms. The molecule has 0 spiro atoms. The second-order valence-electron chi connectivity index (χ2n) is 6.78. The van der Waals surface area contributed by atoms with Gasteiger partial charge >= 0.3 is 0 Å². The van der Waals surface area contributed by atoms with Crippen LogP contribution in [0.2, 0.25) is 0 Å². The molecule has 0 saturated heterocycles. The molecule has 1 N–H and O–H groups in total. The van der Waals surface area contributed by atoms with Crippen molar-refractivity contribution in [2.24, 2.45) is 17.8 Å². The Bertz CT molecular complexity index is 651. The molecule has 2 fully saturated rings. The molecule has 0 aromatic heterocycles. The van der Waals surface area contributed by atoms with Crippen molar-refractivity contribution in [2.75, 3.05) is 12.8 Å². The number of benzene rings is 1. The van der Waals surface area contributed by atoms with Crippen molar-refractivity contribution in [3.63, 3.8) is 0 Å². The molecule has 2 saturated carbocycles. The number of amides is 1. The molecular formula is C17H23NO3S. The highest BCUT2D eigenvalue weighted by Gasteiger charge is 2.38. The summed E-state index contributed by atoms with van der Waals surface area (Å²) in [4.78, 5) is 12.3. The third kappa shape index (κ3) is 3.35. The van der Waals surface area contributed by atoms with Crippen LogP contribution in [0.1, 0.15) is 42.5 Å². The Balaban J connectivity index is 1.49. The minimum absolute atomic E-state index is 0.122.